The molecule has 0 amide bonds. The van der Waals surface area contributed by atoms with Crippen molar-refractivity contribution in [1.29, 1.82) is 0 Å². The van der Waals surface area contributed by atoms with Gasteiger partial charge in [-0.2, -0.15) is 4.98 Å². The quantitative estimate of drug-likeness (QED) is 0.455. The Balaban J connectivity index is 1.10. The van der Waals surface area contributed by atoms with E-state index >= 15 is 0 Å². The molecular formula is C28H35N5O5. The summed E-state index contributed by atoms with van der Waals surface area (Å²) in [6.07, 6.45) is 3.26. The van der Waals surface area contributed by atoms with Gasteiger partial charge in [-0.25, -0.2) is 9.78 Å². The van der Waals surface area contributed by atoms with Crippen molar-refractivity contribution in [2.45, 2.75) is 38.5 Å². The number of rotatable bonds is 9. The molecule has 1 atom stereocenters. The summed E-state index contributed by atoms with van der Waals surface area (Å²) in [7, 11) is 0. The SMILES string of the molecule is O=C(O)c1ccc2nc(CN3CCN(c4cccc(OCC5CCOCC5)n4)CC3)n(CC3CCO3)c2c1. The molecule has 10 heteroatoms. The summed E-state index contributed by atoms with van der Waals surface area (Å²) in [5.41, 5.74) is 1.96. The zero-order valence-corrected chi connectivity index (χ0v) is 21.6. The second-order valence-corrected chi connectivity index (χ2v) is 10.4. The minimum Gasteiger partial charge on any atom is -0.478 e. The molecule has 0 aliphatic carbocycles. The van der Waals surface area contributed by atoms with Crippen LogP contribution < -0.4 is 9.64 Å². The predicted molar refractivity (Wildman–Crippen MR) is 142 cm³/mol. The first kappa shape index (κ1) is 25.1. The first-order valence-corrected chi connectivity index (χ1v) is 13.6. The number of hydrogen-bond donors (Lipinski definition) is 1. The molecule has 5 heterocycles. The number of piperazine rings is 1. The minimum absolute atomic E-state index is 0.156. The number of benzene rings is 1. The van der Waals surface area contributed by atoms with Gasteiger partial charge >= 0.3 is 5.97 Å². The average Bonchev–Trinajstić information content (AvgIpc) is 3.26. The summed E-state index contributed by atoms with van der Waals surface area (Å²) in [5, 5.41) is 9.48. The van der Waals surface area contributed by atoms with Crippen LogP contribution in [-0.4, -0.2) is 89.2 Å². The molecular weight excluding hydrogens is 486 g/mol. The van der Waals surface area contributed by atoms with Gasteiger partial charge in [0.05, 0.1) is 42.4 Å². The van der Waals surface area contributed by atoms with E-state index in [9.17, 15) is 9.90 Å². The Morgan fingerprint density at radius 1 is 1.03 bits per heavy atom. The highest BCUT2D eigenvalue weighted by Gasteiger charge is 2.25. The van der Waals surface area contributed by atoms with Gasteiger partial charge < -0.3 is 28.8 Å². The van der Waals surface area contributed by atoms with Gasteiger partial charge in [-0.1, -0.05) is 6.07 Å². The third-order valence-corrected chi connectivity index (χ3v) is 7.83. The van der Waals surface area contributed by atoms with E-state index in [1.807, 2.05) is 12.1 Å². The van der Waals surface area contributed by atoms with Crippen molar-refractivity contribution in [3.05, 3.63) is 47.8 Å². The van der Waals surface area contributed by atoms with Crippen LogP contribution in [0.4, 0.5) is 5.82 Å². The van der Waals surface area contributed by atoms with Crippen molar-refractivity contribution < 1.29 is 24.1 Å². The lowest BCUT2D eigenvalue weighted by Gasteiger charge is -2.35. The fraction of sp³-hybridized carbons (Fsp3) is 0.536. The summed E-state index contributed by atoms with van der Waals surface area (Å²) >= 11 is 0. The zero-order chi connectivity index (χ0) is 25.9. The molecule has 3 saturated heterocycles. The van der Waals surface area contributed by atoms with Crippen molar-refractivity contribution in [1.82, 2.24) is 19.4 Å². The highest BCUT2D eigenvalue weighted by Crippen LogP contribution is 2.25. The number of anilines is 1. The monoisotopic (exact) mass is 521 g/mol. The smallest absolute Gasteiger partial charge is 0.335 e. The number of imidazole rings is 1. The number of carboxylic acids is 1. The number of fused-ring (bicyclic) bond motifs is 1. The van der Waals surface area contributed by atoms with Gasteiger partial charge in [0, 0.05) is 52.1 Å². The normalized spacial score (nSPS) is 20.9. The van der Waals surface area contributed by atoms with Gasteiger partial charge in [-0.3, -0.25) is 4.90 Å². The molecule has 0 bridgehead atoms. The van der Waals surface area contributed by atoms with Crippen molar-refractivity contribution >= 4 is 22.8 Å². The molecule has 0 spiro atoms. The number of aromatic nitrogens is 3. The zero-order valence-electron chi connectivity index (χ0n) is 21.6. The van der Waals surface area contributed by atoms with E-state index in [0.717, 1.165) is 87.9 Å². The second kappa shape index (κ2) is 11.3. The topological polar surface area (TPSA) is 102 Å². The van der Waals surface area contributed by atoms with Gasteiger partial charge in [0.25, 0.3) is 0 Å². The number of ether oxygens (including phenoxy) is 3. The van der Waals surface area contributed by atoms with Crippen molar-refractivity contribution in [2.75, 3.05) is 57.5 Å². The maximum atomic E-state index is 11.6. The third-order valence-electron chi connectivity index (χ3n) is 7.83. The molecule has 10 nitrogen and oxygen atoms in total. The summed E-state index contributed by atoms with van der Waals surface area (Å²) in [6, 6.07) is 11.2. The van der Waals surface area contributed by atoms with Crippen LogP contribution in [0.1, 0.15) is 35.4 Å². The largest absolute Gasteiger partial charge is 0.478 e. The molecule has 1 N–H and O–H groups in total. The molecule has 6 rings (SSSR count). The van der Waals surface area contributed by atoms with Gasteiger partial charge in [0.15, 0.2) is 0 Å². The minimum atomic E-state index is -0.927. The molecule has 2 aromatic heterocycles. The van der Waals surface area contributed by atoms with E-state index < -0.39 is 5.97 Å². The Kier molecular flexibility index (Phi) is 7.44. The van der Waals surface area contributed by atoms with E-state index in [0.29, 0.717) is 31.5 Å². The van der Waals surface area contributed by atoms with Crippen LogP contribution in [0.15, 0.2) is 36.4 Å². The van der Waals surface area contributed by atoms with Gasteiger partial charge in [-0.15, -0.1) is 0 Å². The van der Waals surface area contributed by atoms with E-state index in [2.05, 4.69) is 20.4 Å². The van der Waals surface area contributed by atoms with Crippen LogP contribution in [0.5, 0.6) is 5.88 Å². The van der Waals surface area contributed by atoms with Crippen LogP contribution in [0.3, 0.4) is 0 Å². The molecule has 0 saturated carbocycles. The number of nitrogens with zero attached hydrogens (tertiary/aromatic N) is 5. The van der Waals surface area contributed by atoms with Gasteiger partial charge in [0.1, 0.15) is 11.6 Å². The molecule has 0 radical (unpaired) electrons. The summed E-state index contributed by atoms with van der Waals surface area (Å²) in [6.45, 7) is 8.02. The van der Waals surface area contributed by atoms with E-state index in [1.165, 1.54) is 0 Å². The van der Waals surface area contributed by atoms with Crippen molar-refractivity contribution in [2.24, 2.45) is 5.92 Å². The Morgan fingerprint density at radius 2 is 1.84 bits per heavy atom. The molecule has 3 aromatic rings. The highest BCUT2D eigenvalue weighted by molar-refractivity contribution is 5.92. The van der Waals surface area contributed by atoms with Crippen molar-refractivity contribution in [3.63, 3.8) is 0 Å². The Morgan fingerprint density at radius 3 is 2.58 bits per heavy atom. The van der Waals surface area contributed by atoms with E-state index in [1.54, 1.807) is 18.2 Å². The lowest BCUT2D eigenvalue weighted by Crippen LogP contribution is -2.46. The fourth-order valence-corrected chi connectivity index (χ4v) is 5.37. The molecule has 1 aromatic carbocycles. The van der Waals surface area contributed by atoms with Crippen LogP contribution in [0, 0.1) is 5.92 Å². The number of carboxylic acid groups (broad SMARTS) is 1. The number of aromatic carboxylic acids is 1. The summed E-state index contributed by atoms with van der Waals surface area (Å²) < 4.78 is 19.3. The highest BCUT2D eigenvalue weighted by atomic mass is 16.5. The van der Waals surface area contributed by atoms with Gasteiger partial charge in [-0.05, 0) is 49.4 Å². The Labute approximate surface area is 222 Å². The first-order chi connectivity index (χ1) is 18.6. The van der Waals surface area contributed by atoms with Crippen LogP contribution in [-0.2, 0) is 22.6 Å². The average molecular weight is 522 g/mol. The van der Waals surface area contributed by atoms with E-state index in [-0.39, 0.29) is 11.7 Å². The molecule has 3 aliphatic rings. The Bertz CT molecular complexity index is 1260. The Hall–Kier alpha value is -3.21. The maximum absolute atomic E-state index is 11.6. The number of hydrogen-bond acceptors (Lipinski definition) is 8. The number of carbonyl (C=O) groups is 1. The van der Waals surface area contributed by atoms with Gasteiger partial charge in [0.2, 0.25) is 5.88 Å². The second-order valence-electron chi connectivity index (χ2n) is 10.4. The fourth-order valence-electron chi connectivity index (χ4n) is 5.37. The lowest BCUT2D eigenvalue weighted by atomic mass is 10.0. The molecule has 3 fully saturated rings. The summed E-state index contributed by atoms with van der Waals surface area (Å²) in [4.78, 5) is 25.9. The van der Waals surface area contributed by atoms with Crippen molar-refractivity contribution in [3.8, 4) is 5.88 Å². The van der Waals surface area contributed by atoms with E-state index in [4.69, 9.17) is 24.2 Å². The molecule has 38 heavy (non-hydrogen) atoms. The van der Waals surface area contributed by atoms with Crippen LogP contribution >= 0.6 is 0 Å². The molecule has 1 unspecified atom stereocenters. The molecule has 3 aliphatic heterocycles. The standard InChI is InChI=1S/C28H35N5O5/c34-28(35)21-4-5-23-24(16-21)33(17-22-8-15-37-22)26(29-23)18-31-9-11-32(12-10-31)25-2-1-3-27(30-25)38-19-20-6-13-36-14-7-20/h1-5,16,20,22H,6-15,17-19H2,(H,34,35). The van der Waals surface area contributed by atoms with Crippen LogP contribution in [0.2, 0.25) is 0 Å². The van der Waals surface area contributed by atoms with Crippen LogP contribution in [0.25, 0.3) is 11.0 Å². The number of pyridine rings is 1. The summed E-state index contributed by atoms with van der Waals surface area (Å²) in [5.74, 6) is 2.19. The first-order valence-electron chi connectivity index (χ1n) is 13.6. The predicted octanol–water partition coefficient (Wildman–Crippen LogP) is 3.05. The third kappa shape index (κ3) is 5.62. The molecule has 202 valence electrons. The lowest BCUT2D eigenvalue weighted by molar-refractivity contribution is -0.0592. The maximum Gasteiger partial charge on any atom is 0.335 e.